The number of benzene rings is 2. The Morgan fingerprint density at radius 3 is 2.33 bits per heavy atom. The number of halogens is 3. The van der Waals surface area contributed by atoms with E-state index in [1.54, 1.807) is 6.07 Å². The molecule has 0 saturated carbocycles. The lowest BCUT2D eigenvalue weighted by Crippen LogP contribution is -2.37. The molecule has 0 aromatic heterocycles. The number of rotatable bonds is 5. The second kappa shape index (κ2) is 6.88. The highest BCUT2D eigenvalue weighted by atomic mass is 79.9. The molecule has 0 bridgehead atoms. The second-order valence-corrected chi connectivity index (χ2v) is 6.25. The van der Waals surface area contributed by atoms with E-state index >= 15 is 0 Å². The molecule has 112 valence electrons. The summed E-state index contributed by atoms with van der Waals surface area (Å²) in [5.74, 6) is -0.414. The zero-order valence-corrected chi connectivity index (χ0v) is 13.5. The van der Waals surface area contributed by atoms with Crippen LogP contribution in [0.3, 0.4) is 0 Å². The van der Waals surface area contributed by atoms with E-state index in [1.807, 2.05) is 24.3 Å². The summed E-state index contributed by atoms with van der Waals surface area (Å²) in [5, 5.41) is 20.0. The van der Waals surface area contributed by atoms with E-state index in [9.17, 15) is 14.6 Å². The first-order valence-electron chi connectivity index (χ1n) is 6.43. The first kappa shape index (κ1) is 16.4. The number of hydrogen-bond acceptors (Lipinski definition) is 2. The minimum atomic E-state index is -0.887. The minimum Gasteiger partial charge on any atom is -0.395 e. The molecule has 0 saturated heterocycles. The van der Waals surface area contributed by atoms with Crippen molar-refractivity contribution < 1.29 is 14.6 Å². The average Bonchev–Trinajstić information content (AvgIpc) is 2.48. The predicted molar refractivity (Wildman–Crippen MR) is 85.1 cm³/mol. The Labute approximate surface area is 136 Å². The van der Waals surface area contributed by atoms with Gasteiger partial charge in [0.25, 0.3) is 0 Å². The van der Waals surface area contributed by atoms with E-state index in [4.69, 9.17) is 11.6 Å². The third-order valence-electron chi connectivity index (χ3n) is 3.59. The van der Waals surface area contributed by atoms with Gasteiger partial charge in [0.15, 0.2) is 0 Å². The highest BCUT2D eigenvalue weighted by Gasteiger charge is 2.33. The van der Waals surface area contributed by atoms with Crippen molar-refractivity contribution >= 4 is 27.5 Å². The Kier molecular flexibility index (Phi) is 5.38. The molecule has 5 heteroatoms. The van der Waals surface area contributed by atoms with Crippen LogP contribution in [0.4, 0.5) is 4.39 Å². The molecular weight excluding hydrogens is 359 g/mol. The van der Waals surface area contributed by atoms with Gasteiger partial charge in [0.2, 0.25) is 0 Å². The maximum Gasteiger partial charge on any atom is 0.124 e. The van der Waals surface area contributed by atoms with Gasteiger partial charge in [-0.15, -0.1) is 0 Å². The Morgan fingerprint density at radius 1 is 1.10 bits per heavy atom. The topological polar surface area (TPSA) is 40.5 Å². The van der Waals surface area contributed by atoms with Crippen LogP contribution in [-0.4, -0.2) is 23.4 Å². The van der Waals surface area contributed by atoms with Crippen LogP contribution >= 0.6 is 27.5 Å². The lowest BCUT2D eigenvalue weighted by atomic mass is 9.77. The van der Waals surface area contributed by atoms with Gasteiger partial charge in [-0.2, -0.15) is 0 Å². The third-order valence-corrected chi connectivity index (χ3v) is 4.64. The minimum absolute atomic E-state index is 0.250. The standard InChI is InChI=1S/C16H15BrClFO2/c17-14-4-2-1-3-13(14)16(9-20,10-21)8-11-5-6-12(19)7-15(11)18/h1-7,20-21H,8-10H2. The lowest BCUT2D eigenvalue weighted by Gasteiger charge is -2.32. The maximum atomic E-state index is 13.1. The van der Waals surface area contributed by atoms with E-state index in [-0.39, 0.29) is 18.2 Å². The van der Waals surface area contributed by atoms with Gasteiger partial charge >= 0.3 is 0 Å². The summed E-state index contributed by atoms with van der Waals surface area (Å²) in [6, 6.07) is 11.5. The van der Waals surface area contributed by atoms with E-state index in [0.29, 0.717) is 12.0 Å². The van der Waals surface area contributed by atoms with Crippen molar-refractivity contribution in [2.45, 2.75) is 11.8 Å². The fourth-order valence-electron chi connectivity index (χ4n) is 2.35. The van der Waals surface area contributed by atoms with Gasteiger partial charge in [-0.25, -0.2) is 4.39 Å². The fraction of sp³-hybridized carbons (Fsp3) is 0.250. The molecule has 2 aromatic carbocycles. The molecule has 2 aromatic rings. The third kappa shape index (κ3) is 3.46. The molecule has 0 aliphatic heterocycles. The monoisotopic (exact) mass is 372 g/mol. The van der Waals surface area contributed by atoms with Gasteiger partial charge in [-0.1, -0.05) is 51.8 Å². The first-order valence-corrected chi connectivity index (χ1v) is 7.60. The van der Waals surface area contributed by atoms with Crippen LogP contribution in [0.1, 0.15) is 11.1 Å². The normalized spacial score (nSPS) is 11.7. The lowest BCUT2D eigenvalue weighted by molar-refractivity contribution is 0.115. The summed E-state index contributed by atoms with van der Waals surface area (Å²) < 4.78 is 13.9. The Morgan fingerprint density at radius 2 is 1.76 bits per heavy atom. The summed E-state index contributed by atoms with van der Waals surface area (Å²) in [7, 11) is 0. The first-order chi connectivity index (χ1) is 10.0. The summed E-state index contributed by atoms with van der Waals surface area (Å²) in [6.45, 7) is -0.500. The van der Waals surface area contributed by atoms with E-state index in [2.05, 4.69) is 15.9 Å². The average molecular weight is 374 g/mol. The second-order valence-electron chi connectivity index (χ2n) is 4.99. The van der Waals surface area contributed by atoms with Crippen LogP contribution in [0.2, 0.25) is 5.02 Å². The molecule has 0 heterocycles. The number of aliphatic hydroxyl groups is 2. The van der Waals surface area contributed by atoms with Crippen LogP contribution in [0.5, 0.6) is 0 Å². The Bertz CT molecular complexity index is 629. The maximum absolute atomic E-state index is 13.1. The van der Waals surface area contributed by atoms with Crippen LogP contribution in [-0.2, 0) is 11.8 Å². The summed E-state index contributed by atoms with van der Waals surface area (Å²) in [4.78, 5) is 0. The van der Waals surface area contributed by atoms with Crippen LogP contribution in [0, 0.1) is 5.82 Å². The van der Waals surface area contributed by atoms with Crippen molar-refractivity contribution in [3.8, 4) is 0 Å². The molecule has 2 N–H and O–H groups in total. The number of aliphatic hydroxyl groups excluding tert-OH is 2. The molecule has 21 heavy (non-hydrogen) atoms. The van der Waals surface area contributed by atoms with Gasteiger partial charge in [-0.3, -0.25) is 0 Å². The van der Waals surface area contributed by atoms with Gasteiger partial charge in [0, 0.05) is 14.9 Å². The van der Waals surface area contributed by atoms with Crippen molar-refractivity contribution in [1.29, 1.82) is 0 Å². The van der Waals surface area contributed by atoms with E-state index in [1.165, 1.54) is 12.1 Å². The quantitative estimate of drug-likeness (QED) is 0.839. The summed E-state index contributed by atoms with van der Waals surface area (Å²) in [5.41, 5.74) is 0.578. The van der Waals surface area contributed by atoms with Gasteiger partial charge in [0.05, 0.1) is 13.2 Å². The highest BCUT2D eigenvalue weighted by Crippen LogP contribution is 2.35. The van der Waals surface area contributed by atoms with E-state index < -0.39 is 11.2 Å². The molecule has 2 nitrogen and oxygen atoms in total. The van der Waals surface area contributed by atoms with Crippen LogP contribution in [0.25, 0.3) is 0 Å². The molecule has 0 aliphatic carbocycles. The Hall–Kier alpha value is -0.940. The zero-order valence-electron chi connectivity index (χ0n) is 11.2. The SMILES string of the molecule is OCC(CO)(Cc1ccc(F)cc1Cl)c1ccccc1Br. The smallest absolute Gasteiger partial charge is 0.124 e. The fourth-order valence-corrected chi connectivity index (χ4v) is 3.29. The number of hydrogen-bond donors (Lipinski definition) is 2. The molecule has 2 rings (SSSR count). The molecule has 0 radical (unpaired) electrons. The van der Waals surface area contributed by atoms with E-state index in [0.717, 1.165) is 10.0 Å². The van der Waals surface area contributed by atoms with Gasteiger partial charge < -0.3 is 10.2 Å². The molecular formula is C16H15BrClFO2. The highest BCUT2D eigenvalue weighted by molar-refractivity contribution is 9.10. The van der Waals surface area contributed by atoms with Gasteiger partial charge in [-0.05, 0) is 35.7 Å². The van der Waals surface area contributed by atoms with Crippen molar-refractivity contribution in [1.82, 2.24) is 0 Å². The predicted octanol–water partition coefficient (Wildman–Crippen LogP) is 3.71. The van der Waals surface area contributed by atoms with Crippen LogP contribution in [0.15, 0.2) is 46.9 Å². The molecule has 0 spiro atoms. The van der Waals surface area contributed by atoms with Crippen molar-refractivity contribution in [2.24, 2.45) is 0 Å². The molecule has 0 unspecified atom stereocenters. The molecule has 0 atom stereocenters. The van der Waals surface area contributed by atoms with Gasteiger partial charge in [0.1, 0.15) is 5.82 Å². The molecule has 0 aliphatic rings. The molecule has 0 amide bonds. The Balaban J connectivity index is 2.46. The summed E-state index contributed by atoms with van der Waals surface area (Å²) in [6.07, 6.45) is 0.307. The van der Waals surface area contributed by atoms with Crippen molar-refractivity contribution in [3.05, 3.63) is 68.9 Å². The van der Waals surface area contributed by atoms with Crippen molar-refractivity contribution in [2.75, 3.05) is 13.2 Å². The largest absolute Gasteiger partial charge is 0.395 e. The zero-order chi connectivity index (χ0) is 15.5. The summed E-state index contributed by atoms with van der Waals surface area (Å²) >= 11 is 9.50. The molecule has 0 fully saturated rings. The van der Waals surface area contributed by atoms with Crippen molar-refractivity contribution in [3.63, 3.8) is 0 Å². The van der Waals surface area contributed by atoms with Crippen LogP contribution < -0.4 is 0 Å².